The van der Waals surface area contributed by atoms with Crippen molar-refractivity contribution in [3.63, 3.8) is 0 Å². The standard InChI is InChI=1S/C16H19Ge/c1-3-14(2)17(15-10-6-4-7-11-15)16-12-8-5-9-13-16/h4-14H,3H2,1-2H3. The number of rotatable bonds is 4. The van der Waals surface area contributed by atoms with E-state index in [9.17, 15) is 0 Å². The Labute approximate surface area is 109 Å². The van der Waals surface area contributed by atoms with Crippen molar-refractivity contribution in [3.05, 3.63) is 60.7 Å². The third-order valence-electron chi connectivity index (χ3n) is 3.27. The molecule has 17 heavy (non-hydrogen) atoms. The molecule has 2 aromatic carbocycles. The van der Waals surface area contributed by atoms with Crippen LogP contribution in [0.4, 0.5) is 0 Å². The summed E-state index contributed by atoms with van der Waals surface area (Å²) in [5.74, 6) is 0. The van der Waals surface area contributed by atoms with Gasteiger partial charge in [-0.3, -0.25) is 0 Å². The number of hydrogen-bond donors (Lipinski definition) is 0. The van der Waals surface area contributed by atoms with Gasteiger partial charge in [0.1, 0.15) is 0 Å². The van der Waals surface area contributed by atoms with Gasteiger partial charge in [-0.2, -0.15) is 0 Å². The monoisotopic (exact) mass is 285 g/mol. The summed E-state index contributed by atoms with van der Waals surface area (Å²) in [5.41, 5.74) is 0. The van der Waals surface area contributed by atoms with Crippen LogP contribution in [0.1, 0.15) is 20.3 Å². The Morgan fingerprint density at radius 1 is 0.824 bits per heavy atom. The Kier molecular flexibility index (Phi) is 4.44. The molecule has 0 fully saturated rings. The molecule has 0 heterocycles. The zero-order chi connectivity index (χ0) is 12.1. The average Bonchev–Trinajstić information content (AvgIpc) is 2.41. The van der Waals surface area contributed by atoms with Crippen LogP contribution >= 0.6 is 0 Å². The van der Waals surface area contributed by atoms with Crippen LogP contribution in [-0.2, 0) is 0 Å². The summed E-state index contributed by atoms with van der Waals surface area (Å²) >= 11 is -1.36. The molecule has 87 valence electrons. The van der Waals surface area contributed by atoms with Crippen molar-refractivity contribution < 1.29 is 0 Å². The molecule has 1 unspecified atom stereocenters. The molecule has 0 spiro atoms. The fraction of sp³-hybridized carbons (Fsp3) is 0.250. The first-order chi connectivity index (χ1) is 8.33. The number of benzene rings is 2. The summed E-state index contributed by atoms with van der Waals surface area (Å²) in [7, 11) is 0. The van der Waals surface area contributed by atoms with Gasteiger partial charge in [0.25, 0.3) is 0 Å². The van der Waals surface area contributed by atoms with Crippen molar-refractivity contribution in [2.75, 3.05) is 0 Å². The molecule has 1 heteroatoms. The number of hydrogen-bond acceptors (Lipinski definition) is 0. The zero-order valence-electron chi connectivity index (χ0n) is 10.6. The summed E-state index contributed by atoms with van der Waals surface area (Å²) in [6.07, 6.45) is 1.28. The summed E-state index contributed by atoms with van der Waals surface area (Å²) in [6.45, 7) is 4.72. The first-order valence-electron chi connectivity index (χ1n) is 6.30. The molecule has 0 aliphatic rings. The first kappa shape index (κ1) is 12.4. The van der Waals surface area contributed by atoms with Crippen LogP contribution in [0.3, 0.4) is 0 Å². The van der Waals surface area contributed by atoms with Gasteiger partial charge in [0.2, 0.25) is 0 Å². The van der Waals surface area contributed by atoms with E-state index in [1.807, 2.05) is 0 Å². The van der Waals surface area contributed by atoms with Gasteiger partial charge >= 0.3 is 109 Å². The molecule has 1 radical (unpaired) electrons. The van der Waals surface area contributed by atoms with E-state index in [1.54, 1.807) is 8.79 Å². The van der Waals surface area contributed by atoms with Crippen molar-refractivity contribution in [3.8, 4) is 0 Å². The maximum absolute atomic E-state index is 2.41. The van der Waals surface area contributed by atoms with Crippen molar-refractivity contribution in [2.24, 2.45) is 0 Å². The fourth-order valence-electron chi connectivity index (χ4n) is 2.18. The van der Waals surface area contributed by atoms with E-state index in [4.69, 9.17) is 0 Å². The maximum atomic E-state index is 2.41. The minimum absolute atomic E-state index is 0.833. The van der Waals surface area contributed by atoms with Gasteiger partial charge in [0, 0.05) is 0 Å². The molecule has 0 N–H and O–H groups in total. The Balaban J connectivity index is 2.39. The van der Waals surface area contributed by atoms with E-state index in [0.29, 0.717) is 0 Å². The van der Waals surface area contributed by atoms with Gasteiger partial charge in [-0.25, -0.2) is 0 Å². The summed E-state index contributed by atoms with van der Waals surface area (Å²) in [4.78, 5) is 0. The first-order valence-corrected chi connectivity index (χ1v) is 9.61. The topological polar surface area (TPSA) is 0 Å². The van der Waals surface area contributed by atoms with E-state index >= 15 is 0 Å². The second kappa shape index (κ2) is 6.06. The van der Waals surface area contributed by atoms with Crippen LogP contribution in [0.25, 0.3) is 0 Å². The van der Waals surface area contributed by atoms with Crippen molar-refractivity contribution in [2.45, 2.75) is 25.0 Å². The van der Waals surface area contributed by atoms with Crippen LogP contribution in [0.15, 0.2) is 60.7 Å². The van der Waals surface area contributed by atoms with Gasteiger partial charge in [-0.1, -0.05) is 0 Å². The molecule has 0 aromatic heterocycles. The van der Waals surface area contributed by atoms with Crippen molar-refractivity contribution in [1.29, 1.82) is 0 Å². The van der Waals surface area contributed by atoms with Gasteiger partial charge in [-0.05, 0) is 0 Å². The second-order valence-corrected chi connectivity index (χ2v) is 10.7. The molecule has 0 aliphatic carbocycles. The van der Waals surface area contributed by atoms with Crippen molar-refractivity contribution in [1.82, 2.24) is 0 Å². The molecule has 0 nitrogen and oxygen atoms in total. The van der Waals surface area contributed by atoms with Gasteiger partial charge in [0.15, 0.2) is 0 Å². The third-order valence-corrected chi connectivity index (χ3v) is 10.2. The predicted molar refractivity (Wildman–Crippen MR) is 77.6 cm³/mol. The molecular weight excluding hydrogens is 265 g/mol. The molecule has 0 saturated carbocycles. The molecule has 2 aromatic rings. The normalized spacial score (nSPS) is 12.6. The predicted octanol–water partition coefficient (Wildman–Crippen LogP) is 3.10. The zero-order valence-corrected chi connectivity index (χ0v) is 12.7. The Morgan fingerprint density at radius 2 is 1.24 bits per heavy atom. The second-order valence-electron chi connectivity index (χ2n) is 4.46. The molecule has 2 rings (SSSR count). The van der Waals surface area contributed by atoms with Crippen molar-refractivity contribution >= 4 is 23.1 Å². The van der Waals surface area contributed by atoms with Crippen LogP contribution < -0.4 is 8.79 Å². The SMILES string of the molecule is CC[CH](C)[Ge]([c]1ccccc1)[c]1ccccc1. The van der Waals surface area contributed by atoms with Gasteiger partial charge in [0.05, 0.1) is 0 Å². The molecule has 0 aliphatic heterocycles. The summed E-state index contributed by atoms with van der Waals surface area (Å²) < 4.78 is 4.01. The molecule has 1 atom stereocenters. The molecule has 0 saturated heterocycles. The summed E-state index contributed by atoms with van der Waals surface area (Å²) in [5, 5.41) is 0. The third kappa shape index (κ3) is 3.01. The van der Waals surface area contributed by atoms with E-state index in [2.05, 4.69) is 74.5 Å². The van der Waals surface area contributed by atoms with E-state index in [1.165, 1.54) is 6.42 Å². The fourth-order valence-corrected chi connectivity index (χ4v) is 8.43. The van der Waals surface area contributed by atoms with E-state index in [-0.39, 0.29) is 0 Å². The average molecular weight is 284 g/mol. The van der Waals surface area contributed by atoms with Crippen LogP contribution in [0.2, 0.25) is 4.75 Å². The van der Waals surface area contributed by atoms with Crippen LogP contribution in [0, 0.1) is 0 Å². The minimum atomic E-state index is -1.36. The van der Waals surface area contributed by atoms with E-state index in [0.717, 1.165) is 4.75 Å². The Hall–Kier alpha value is -1.02. The quantitative estimate of drug-likeness (QED) is 0.757. The van der Waals surface area contributed by atoms with Gasteiger partial charge in [-0.15, -0.1) is 0 Å². The Bertz CT molecular complexity index is 396. The summed E-state index contributed by atoms with van der Waals surface area (Å²) in [6, 6.07) is 22.2. The molecular formula is C16H19Ge. The molecule has 0 amide bonds. The van der Waals surface area contributed by atoms with Gasteiger partial charge < -0.3 is 0 Å². The van der Waals surface area contributed by atoms with Crippen LogP contribution in [-0.4, -0.2) is 14.3 Å². The van der Waals surface area contributed by atoms with E-state index < -0.39 is 14.3 Å². The Morgan fingerprint density at radius 3 is 1.59 bits per heavy atom. The molecule has 0 bridgehead atoms. The van der Waals surface area contributed by atoms with Crippen LogP contribution in [0.5, 0.6) is 0 Å².